The first-order valence-electron chi connectivity index (χ1n) is 8.62. The Morgan fingerprint density at radius 3 is 2.78 bits per heavy atom. The number of benzene rings is 1. The van der Waals surface area contributed by atoms with Crippen LogP contribution >= 0.6 is 11.6 Å². The lowest BCUT2D eigenvalue weighted by Crippen LogP contribution is -2.41. The summed E-state index contributed by atoms with van der Waals surface area (Å²) in [4.78, 5) is 12.6. The van der Waals surface area contributed by atoms with E-state index in [0.29, 0.717) is 30.2 Å². The molecule has 1 aliphatic heterocycles. The summed E-state index contributed by atoms with van der Waals surface area (Å²) in [6, 6.07) is 5.01. The molecule has 0 aliphatic carbocycles. The molecule has 1 fully saturated rings. The number of ether oxygens (including phenoxy) is 1. The van der Waals surface area contributed by atoms with E-state index >= 15 is 0 Å². The fraction of sp³-hybridized carbons (Fsp3) is 0.500. The molecule has 0 amide bonds. The Balaban J connectivity index is 1.70. The third kappa shape index (κ3) is 4.28. The van der Waals surface area contributed by atoms with E-state index in [1.165, 1.54) is 28.6 Å². The van der Waals surface area contributed by atoms with Crippen LogP contribution in [-0.2, 0) is 32.7 Å². The van der Waals surface area contributed by atoms with Crippen LogP contribution in [0, 0.1) is 0 Å². The molecule has 2 heterocycles. The molecular weight excluding hydrogens is 394 g/mol. The standard InChI is InChI=1S/C16H20ClN5O4S/c1-2-9-21-15(18-19-20-21)11-26-16(23)14-4-3-10-22(14)27(24,25)13-7-5-12(17)6-8-13/h5-8,14H,2-4,9-11H2,1H3/t14-/m0/s1. The SMILES string of the molecule is CCCn1nnnc1COC(=O)[C@@H]1CCCN1S(=O)(=O)c1ccc(Cl)cc1. The van der Waals surface area contributed by atoms with E-state index in [2.05, 4.69) is 15.5 Å². The smallest absolute Gasteiger partial charge is 0.324 e. The number of carbonyl (C=O) groups excluding carboxylic acids is 1. The highest BCUT2D eigenvalue weighted by atomic mass is 35.5. The van der Waals surface area contributed by atoms with Gasteiger partial charge < -0.3 is 4.74 Å². The lowest BCUT2D eigenvalue weighted by Gasteiger charge is -2.22. The molecule has 1 aliphatic rings. The van der Waals surface area contributed by atoms with Gasteiger partial charge in [-0.05, 0) is 54.0 Å². The van der Waals surface area contributed by atoms with E-state index in [-0.39, 0.29) is 18.0 Å². The maximum Gasteiger partial charge on any atom is 0.324 e. The summed E-state index contributed by atoms with van der Waals surface area (Å²) in [5.74, 6) is -0.175. The van der Waals surface area contributed by atoms with E-state index in [1.807, 2.05) is 6.92 Å². The van der Waals surface area contributed by atoms with Gasteiger partial charge in [0.15, 0.2) is 12.4 Å². The second-order valence-corrected chi connectivity index (χ2v) is 8.48. The molecular formula is C16H20ClN5O4S. The van der Waals surface area contributed by atoms with Gasteiger partial charge in [-0.15, -0.1) is 5.10 Å². The van der Waals surface area contributed by atoms with Crippen LogP contribution in [0.4, 0.5) is 0 Å². The predicted molar refractivity (Wildman–Crippen MR) is 96.3 cm³/mol. The first-order valence-corrected chi connectivity index (χ1v) is 10.4. The molecule has 0 N–H and O–H groups in total. The molecule has 146 valence electrons. The number of tetrazole rings is 1. The van der Waals surface area contributed by atoms with Gasteiger partial charge in [-0.3, -0.25) is 4.79 Å². The highest BCUT2D eigenvalue weighted by Crippen LogP contribution is 2.27. The molecule has 2 aromatic rings. The highest BCUT2D eigenvalue weighted by molar-refractivity contribution is 7.89. The molecule has 0 bridgehead atoms. The van der Waals surface area contributed by atoms with Crippen molar-refractivity contribution >= 4 is 27.6 Å². The summed E-state index contributed by atoms with van der Waals surface area (Å²) in [6.07, 6.45) is 1.83. The molecule has 0 spiro atoms. The molecule has 1 aromatic heterocycles. The summed E-state index contributed by atoms with van der Waals surface area (Å²) >= 11 is 5.83. The van der Waals surface area contributed by atoms with Crippen molar-refractivity contribution < 1.29 is 17.9 Å². The Labute approximate surface area is 162 Å². The number of hydrogen-bond donors (Lipinski definition) is 0. The quantitative estimate of drug-likeness (QED) is 0.635. The molecule has 0 radical (unpaired) electrons. The van der Waals surface area contributed by atoms with Gasteiger partial charge in [0.2, 0.25) is 10.0 Å². The molecule has 1 aromatic carbocycles. The van der Waals surface area contributed by atoms with E-state index in [0.717, 1.165) is 6.42 Å². The van der Waals surface area contributed by atoms with Crippen molar-refractivity contribution in [1.29, 1.82) is 0 Å². The second-order valence-electron chi connectivity index (χ2n) is 6.15. The zero-order valence-electron chi connectivity index (χ0n) is 14.8. The molecule has 1 saturated heterocycles. The van der Waals surface area contributed by atoms with Gasteiger partial charge in [-0.2, -0.15) is 4.31 Å². The van der Waals surface area contributed by atoms with E-state index in [4.69, 9.17) is 16.3 Å². The van der Waals surface area contributed by atoms with Gasteiger partial charge in [-0.1, -0.05) is 18.5 Å². The van der Waals surface area contributed by atoms with E-state index in [1.54, 1.807) is 4.68 Å². The summed E-state index contributed by atoms with van der Waals surface area (Å²) in [6.45, 7) is 2.76. The summed E-state index contributed by atoms with van der Waals surface area (Å²) in [5.41, 5.74) is 0. The van der Waals surface area contributed by atoms with Crippen molar-refractivity contribution in [3.05, 3.63) is 35.1 Å². The Morgan fingerprint density at radius 2 is 2.07 bits per heavy atom. The highest BCUT2D eigenvalue weighted by Gasteiger charge is 2.40. The zero-order valence-corrected chi connectivity index (χ0v) is 16.4. The number of halogens is 1. The Hall–Kier alpha value is -2.04. The van der Waals surface area contributed by atoms with Crippen molar-refractivity contribution in [2.75, 3.05) is 6.54 Å². The van der Waals surface area contributed by atoms with Gasteiger partial charge in [0, 0.05) is 18.1 Å². The van der Waals surface area contributed by atoms with Crippen LogP contribution in [0.25, 0.3) is 0 Å². The maximum atomic E-state index is 12.9. The number of aromatic nitrogens is 4. The Bertz CT molecular complexity index is 900. The first-order chi connectivity index (χ1) is 12.9. The van der Waals surface area contributed by atoms with Crippen LogP contribution in [0.15, 0.2) is 29.2 Å². The van der Waals surface area contributed by atoms with Crippen molar-refractivity contribution in [2.45, 2.75) is 50.3 Å². The van der Waals surface area contributed by atoms with E-state index < -0.39 is 22.0 Å². The number of carbonyl (C=O) groups is 1. The fourth-order valence-electron chi connectivity index (χ4n) is 2.95. The Kier molecular flexibility index (Phi) is 6.08. The van der Waals surface area contributed by atoms with Crippen LogP contribution in [0.1, 0.15) is 32.0 Å². The monoisotopic (exact) mass is 413 g/mol. The average Bonchev–Trinajstić information content (AvgIpc) is 3.30. The van der Waals surface area contributed by atoms with Gasteiger partial charge in [0.1, 0.15) is 6.04 Å². The minimum atomic E-state index is -3.81. The molecule has 3 rings (SSSR count). The molecule has 9 nitrogen and oxygen atoms in total. The number of sulfonamides is 1. The molecule has 27 heavy (non-hydrogen) atoms. The molecule has 0 unspecified atom stereocenters. The number of aryl methyl sites for hydroxylation is 1. The van der Waals surface area contributed by atoms with Crippen LogP contribution in [0.5, 0.6) is 0 Å². The molecule has 1 atom stereocenters. The van der Waals surface area contributed by atoms with Crippen molar-refractivity contribution in [3.63, 3.8) is 0 Å². The van der Waals surface area contributed by atoms with Gasteiger partial charge >= 0.3 is 5.97 Å². The van der Waals surface area contributed by atoms with Crippen LogP contribution in [0.2, 0.25) is 5.02 Å². The minimum Gasteiger partial charge on any atom is -0.456 e. The van der Waals surface area contributed by atoms with Gasteiger partial charge in [0.05, 0.1) is 4.90 Å². The summed E-state index contributed by atoms with van der Waals surface area (Å²) < 4.78 is 33.8. The first kappa shape index (κ1) is 19.7. The van der Waals surface area contributed by atoms with Gasteiger partial charge in [-0.25, -0.2) is 13.1 Å². The van der Waals surface area contributed by atoms with Crippen molar-refractivity contribution in [3.8, 4) is 0 Å². The lowest BCUT2D eigenvalue weighted by atomic mass is 10.2. The van der Waals surface area contributed by atoms with Crippen LogP contribution in [0.3, 0.4) is 0 Å². The normalized spacial score (nSPS) is 17.9. The maximum absolute atomic E-state index is 12.9. The average molecular weight is 414 g/mol. The van der Waals surface area contributed by atoms with Crippen molar-refractivity contribution in [2.24, 2.45) is 0 Å². The minimum absolute atomic E-state index is 0.0958. The number of esters is 1. The third-order valence-electron chi connectivity index (χ3n) is 4.28. The van der Waals surface area contributed by atoms with Crippen LogP contribution in [-0.4, -0.2) is 51.5 Å². The van der Waals surface area contributed by atoms with Crippen molar-refractivity contribution in [1.82, 2.24) is 24.5 Å². The Morgan fingerprint density at radius 1 is 1.33 bits per heavy atom. The number of nitrogens with zero attached hydrogens (tertiary/aromatic N) is 5. The van der Waals surface area contributed by atoms with Crippen LogP contribution < -0.4 is 0 Å². The summed E-state index contributed by atoms with van der Waals surface area (Å²) in [5, 5.41) is 11.7. The van der Waals surface area contributed by atoms with Gasteiger partial charge in [0.25, 0.3) is 0 Å². The summed E-state index contributed by atoms with van der Waals surface area (Å²) in [7, 11) is -3.81. The zero-order chi connectivity index (χ0) is 19.4. The third-order valence-corrected chi connectivity index (χ3v) is 6.46. The molecule has 11 heteroatoms. The topological polar surface area (TPSA) is 107 Å². The fourth-order valence-corrected chi connectivity index (χ4v) is 4.72. The van der Waals surface area contributed by atoms with E-state index in [9.17, 15) is 13.2 Å². The second kappa shape index (κ2) is 8.32. The molecule has 0 saturated carbocycles. The number of hydrogen-bond acceptors (Lipinski definition) is 7. The number of rotatable bonds is 7. The largest absolute Gasteiger partial charge is 0.456 e. The lowest BCUT2D eigenvalue weighted by molar-refractivity contribution is -0.149. The predicted octanol–water partition coefficient (Wildman–Crippen LogP) is 1.63.